The number of nitrogens with zero attached hydrogens (tertiary/aromatic N) is 3. The molecule has 0 radical (unpaired) electrons. The predicted octanol–water partition coefficient (Wildman–Crippen LogP) is 1.01. The number of urea groups is 1. The van der Waals surface area contributed by atoms with Crippen LogP contribution in [-0.4, -0.2) is 66.3 Å². The highest BCUT2D eigenvalue weighted by Crippen LogP contribution is 2.32. The number of carbonyl (C=O) groups excluding carboxylic acids is 4. The van der Waals surface area contributed by atoms with E-state index in [-0.39, 0.29) is 12.3 Å². The van der Waals surface area contributed by atoms with Crippen molar-refractivity contribution in [3.63, 3.8) is 0 Å². The molecule has 156 valence electrons. The van der Waals surface area contributed by atoms with Crippen LogP contribution in [0.25, 0.3) is 0 Å². The molecule has 10 heteroatoms. The third-order valence-corrected chi connectivity index (χ3v) is 4.49. The Labute approximate surface area is 168 Å². The van der Waals surface area contributed by atoms with E-state index in [1.807, 2.05) is 0 Å². The third-order valence-electron chi connectivity index (χ3n) is 4.49. The van der Waals surface area contributed by atoms with Gasteiger partial charge < -0.3 is 20.3 Å². The first kappa shape index (κ1) is 21.9. The van der Waals surface area contributed by atoms with Crippen LogP contribution in [0.4, 0.5) is 10.5 Å². The second-order valence-corrected chi connectivity index (χ2v) is 6.87. The van der Waals surface area contributed by atoms with Crippen molar-refractivity contribution in [3.8, 4) is 0 Å². The number of amides is 4. The number of carbonyl (C=O) groups is 4. The Morgan fingerprint density at radius 3 is 2.34 bits per heavy atom. The molecule has 0 unspecified atom stereocenters. The quantitative estimate of drug-likeness (QED) is 0.727. The first-order valence-electron chi connectivity index (χ1n) is 8.92. The lowest BCUT2D eigenvalue weighted by Gasteiger charge is -2.43. The molecule has 10 nitrogen and oxygen atoms in total. The summed E-state index contributed by atoms with van der Waals surface area (Å²) in [7, 11) is 4.28. The average Bonchev–Trinajstić information content (AvgIpc) is 2.68. The van der Waals surface area contributed by atoms with E-state index in [2.05, 4.69) is 15.7 Å². The highest BCUT2D eigenvalue weighted by Gasteiger charge is 2.55. The molecule has 1 aromatic carbocycles. The van der Waals surface area contributed by atoms with Gasteiger partial charge in [-0.3, -0.25) is 9.59 Å². The van der Waals surface area contributed by atoms with Gasteiger partial charge in [0.15, 0.2) is 0 Å². The van der Waals surface area contributed by atoms with Gasteiger partial charge >= 0.3 is 12.0 Å². The molecule has 0 aromatic heterocycles. The molecule has 0 saturated carbocycles. The van der Waals surface area contributed by atoms with Gasteiger partial charge in [-0.15, -0.1) is 0 Å². The normalized spacial score (nSPS) is 20.9. The van der Waals surface area contributed by atoms with Crippen LogP contribution in [0, 0.1) is 5.92 Å². The SMILES string of the molecule is COC(=O)[C@@]1(NC(C)=O)C[C@@H](C(=O)N(C)C)C(C)=NN1C(=O)Nc1ccccc1. The van der Waals surface area contributed by atoms with Gasteiger partial charge in [0.25, 0.3) is 0 Å². The lowest BCUT2D eigenvalue weighted by atomic mass is 9.87. The van der Waals surface area contributed by atoms with Gasteiger partial charge in [-0.2, -0.15) is 10.1 Å². The van der Waals surface area contributed by atoms with Crippen molar-refractivity contribution in [2.45, 2.75) is 25.9 Å². The minimum atomic E-state index is -1.98. The van der Waals surface area contributed by atoms with Crippen LogP contribution in [0.15, 0.2) is 35.4 Å². The van der Waals surface area contributed by atoms with Crippen LogP contribution < -0.4 is 10.6 Å². The van der Waals surface area contributed by atoms with E-state index in [1.54, 1.807) is 51.4 Å². The average molecular weight is 403 g/mol. The molecule has 4 amide bonds. The second kappa shape index (κ2) is 8.72. The molecule has 0 bridgehead atoms. The smallest absolute Gasteiger partial charge is 0.354 e. The number of anilines is 1. The number of benzene rings is 1. The van der Waals surface area contributed by atoms with Crippen molar-refractivity contribution < 1.29 is 23.9 Å². The fourth-order valence-electron chi connectivity index (χ4n) is 3.12. The number of rotatable bonds is 4. The van der Waals surface area contributed by atoms with Crippen LogP contribution in [0.2, 0.25) is 0 Å². The molecule has 0 fully saturated rings. The topological polar surface area (TPSA) is 120 Å². The van der Waals surface area contributed by atoms with Gasteiger partial charge in [0.1, 0.15) is 0 Å². The number of ether oxygens (including phenoxy) is 1. The number of para-hydroxylation sites is 1. The van der Waals surface area contributed by atoms with E-state index in [4.69, 9.17) is 4.74 Å². The third kappa shape index (κ3) is 4.53. The minimum Gasteiger partial charge on any atom is -0.466 e. The molecule has 1 aromatic rings. The largest absolute Gasteiger partial charge is 0.466 e. The number of hydrazone groups is 1. The van der Waals surface area contributed by atoms with E-state index in [9.17, 15) is 19.2 Å². The summed E-state index contributed by atoms with van der Waals surface area (Å²) in [5, 5.41) is 10.2. The van der Waals surface area contributed by atoms with Crippen molar-refractivity contribution >= 4 is 35.2 Å². The Balaban J connectivity index is 2.55. The summed E-state index contributed by atoms with van der Waals surface area (Å²) in [5.41, 5.74) is -1.18. The molecule has 2 rings (SSSR count). The molecular weight excluding hydrogens is 378 g/mol. The van der Waals surface area contributed by atoms with Crippen molar-refractivity contribution in [3.05, 3.63) is 30.3 Å². The Morgan fingerprint density at radius 1 is 1.21 bits per heavy atom. The van der Waals surface area contributed by atoms with E-state index in [0.29, 0.717) is 11.4 Å². The molecule has 2 N–H and O–H groups in total. The summed E-state index contributed by atoms with van der Waals surface area (Å²) in [6.45, 7) is 2.79. The molecule has 1 aliphatic heterocycles. The van der Waals surface area contributed by atoms with Gasteiger partial charge in [0.2, 0.25) is 17.5 Å². The highest BCUT2D eigenvalue weighted by molar-refractivity contribution is 6.06. The maximum Gasteiger partial charge on any atom is 0.354 e. The molecular formula is C19H25N5O5. The maximum absolute atomic E-state index is 13.0. The Morgan fingerprint density at radius 2 is 1.83 bits per heavy atom. The standard InChI is InChI=1S/C19H25N5O5/c1-12-15(16(26)23(3)4)11-19(17(27)29-5,21-13(2)25)24(22-12)18(28)20-14-9-7-6-8-10-14/h6-10,15H,11H2,1-5H3,(H,20,28)(H,21,25)/t15-,19-/m1/s1. The summed E-state index contributed by atoms with van der Waals surface area (Å²) in [6.07, 6.45) is -0.214. The summed E-state index contributed by atoms with van der Waals surface area (Å²) >= 11 is 0. The zero-order chi connectivity index (χ0) is 21.8. The molecule has 0 spiro atoms. The molecule has 0 saturated heterocycles. The molecule has 29 heavy (non-hydrogen) atoms. The van der Waals surface area contributed by atoms with E-state index in [0.717, 1.165) is 12.1 Å². The Kier molecular flexibility index (Phi) is 6.57. The summed E-state index contributed by atoms with van der Waals surface area (Å²) < 4.78 is 4.88. The lowest BCUT2D eigenvalue weighted by Crippen LogP contribution is -2.69. The van der Waals surface area contributed by atoms with Crippen molar-refractivity contribution in [1.29, 1.82) is 0 Å². The zero-order valence-corrected chi connectivity index (χ0v) is 17.1. The second-order valence-electron chi connectivity index (χ2n) is 6.87. The Bertz CT molecular complexity index is 839. The van der Waals surface area contributed by atoms with E-state index < -0.39 is 29.5 Å². The van der Waals surface area contributed by atoms with Crippen LogP contribution in [0.3, 0.4) is 0 Å². The summed E-state index contributed by atoms with van der Waals surface area (Å²) in [6, 6.07) is 7.81. The van der Waals surface area contributed by atoms with Crippen molar-refractivity contribution in [2.24, 2.45) is 11.0 Å². The lowest BCUT2D eigenvalue weighted by molar-refractivity contribution is -0.161. The first-order chi connectivity index (χ1) is 13.6. The number of hydrogen-bond donors (Lipinski definition) is 2. The van der Waals surface area contributed by atoms with Crippen molar-refractivity contribution in [1.82, 2.24) is 15.2 Å². The van der Waals surface area contributed by atoms with Gasteiger partial charge in [-0.1, -0.05) is 18.2 Å². The van der Waals surface area contributed by atoms with Gasteiger partial charge in [-0.25, -0.2) is 9.59 Å². The zero-order valence-electron chi connectivity index (χ0n) is 17.1. The monoisotopic (exact) mass is 403 g/mol. The number of esters is 1. The fourth-order valence-corrected chi connectivity index (χ4v) is 3.12. The Hall–Kier alpha value is -3.43. The maximum atomic E-state index is 13.0. The van der Waals surface area contributed by atoms with Gasteiger partial charge in [0, 0.05) is 38.8 Å². The fraction of sp³-hybridized carbons (Fsp3) is 0.421. The molecule has 2 atom stereocenters. The first-order valence-corrected chi connectivity index (χ1v) is 8.92. The summed E-state index contributed by atoms with van der Waals surface area (Å²) in [5.74, 6) is -2.63. The van der Waals surface area contributed by atoms with Crippen LogP contribution in [0.5, 0.6) is 0 Å². The molecule has 1 heterocycles. The number of nitrogens with one attached hydrogen (secondary N) is 2. The van der Waals surface area contributed by atoms with Crippen LogP contribution in [0.1, 0.15) is 20.3 Å². The van der Waals surface area contributed by atoms with Gasteiger partial charge in [-0.05, 0) is 19.1 Å². The molecule has 0 aliphatic carbocycles. The van der Waals surface area contributed by atoms with Crippen LogP contribution in [-0.2, 0) is 19.1 Å². The van der Waals surface area contributed by atoms with Gasteiger partial charge in [0.05, 0.1) is 13.0 Å². The number of hydrogen-bond acceptors (Lipinski definition) is 6. The molecule has 1 aliphatic rings. The number of methoxy groups -OCH3 is 1. The minimum absolute atomic E-state index is 0.214. The highest BCUT2D eigenvalue weighted by atomic mass is 16.5. The van der Waals surface area contributed by atoms with Crippen LogP contribution >= 0.6 is 0 Å². The summed E-state index contributed by atoms with van der Waals surface area (Å²) in [4.78, 5) is 51.7. The predicted molar refractivity (Wildman–Crippen MR) is 106 cm³/mol. The van der Waals surface area contributed by atoms with E-state index in [1.165, 1.54) is 11.8 Å². The van der Waals surface area contributed by atoms with Crippen molar-refractivity contribution in [2.75, 3.05) is 26.5 Å². The van der Waals surface area contributed by atoms with E-state index >= 15 is 0 Å².